The van der Waals surface area contributed by atoms with Crippen LogP contribution in [0.5, 0.6) is 17.2 Å². The minimum absolute atomic E-state index is 0.277. The number of hydrogen-bond donors (Lipinski definition) is 1. The highest BCUT2D eigenvalue weighted by Gasteiger charge is 2.17. The van der Waals surface area contributed by atoms with Crippen LogP contribution in [0.3, 0.4) is 0 Å². The molecule has 1 aliphatic heterocycles. The van der Waals surface area contributed by atoms with Gasteiger partial charge in [0.15, 0.2) is 11.5 Å². The number of ether oxygens (including phenoxy) is 4. The summed E-state index contributed by atoms with van der Waals surface area (Å²) in [5.74, 6) is 2.36. The number of fused-ring (bicyclic) bond motifs is 1. The summed E-state index contributed by atoms with van der Waals surface area (Å²) in [6.45, 7) is 7.96. The second-order valence-electron chi connectivity index (χ2n) is 4.54. The molecule has 112 valence electrons. The van der Waals surface area contributed by atoms with Crippen molar-refractivity contribution in [3.8, 4) is 17.2 Å². The van der Waals surface area contributed by atoms with Crippen LogP contribution in [-0.4, -0.2) is 33.2 Å². The molecule has 0 radical (unpaired) electrons. The zero-order chi connectivity index (χ0) is 14.2. The van der Waals surface area contributed by atoms with Crippen LogP contribution >= 0.6 is 0 Å². The predicted molar refractivity (Wildman–Crippen MR) is 76.6 cm³/mol. The van der Waals surface area contributed by atoms with Gasteiger partial charge in [0.05, 0.1) is 6.61 Å². The molecule has 1 N–H and O–H groups in total. The lowest BCUT2D eigenvalue weighted by Crippen LogP contribution is -2.15. The van der Waals surface area contributed by atoms with E-state index in [4.69, 9.17) is 18.9 Å². The van der Waals surface area contributed by atoms with Gasteiger partial charge < -0.3 is 24.3 Å². The number of hydrogen-bond acceptors (Lipinski definition) is 5. The second kappa shape index (κ2) is 7.97. The maximum Gasteiger partial charge on any atom is 0.231 e. The lowest BCUT2D eigenvalue weighted by molar-refractivity contribution is 0.109. The van der Waals surface area contributed by atoms with E-state index in [2.05, 4.69) is 12.2 Å². The molecule has 1 aromatic rings. The van der Waals surface area contributed by atoms with Crippen LogP contribution in [-0.2, 0) is 11.3 Å². The molecule has 5 heteroatoms. The molecule has 1 heterocycles. The highest BCUT2D eigenvalue weighted by Crippen LogP contribution is 2.38. The average Bonchev–Trinajstić information content (AvgIpc) is 2.91. The van der Waals surface area contributed by atoms with Crippen LogP contribution < -0.4 is 19.5 Å². The van der Waals surface area contributed by atoms with Gasteiger partial charge in [0.25, 0.3) is 0 Å². The first-order valence-corrected chi connectivity index (χ1v) is 7.19. The fourth-order valence-corrected chi connectivity index (χ4v) is 1.99. The van der Waals surface area contributed by atoms with Crippen molar-refractivity contribution in [1.82, 2.24) is 5.32 Å². The Bertz CT molecular complexity index is 423. The fraction of sp³-hybridized carbons (Fsp3) is 0.600. The van der Waals surface area contributed by atoms with Crippen molar-refractivity contribution in [2.45, 2.75) is 26.8 Å². The maximum atomic E-state index is 5.79. The van der Waals surface area contributed by atoms with Crippen molar-refractivity contribution in [2.24, 2.45) is 0 Å². The first-order valence-electron chi connectivity index (χ1n) is 7.19. The molecule has 20 heavy (non-hydrogen) atoms. The predicted octanol–water partition coefficient (Wildman–Crippen LogP) is 2.33. The SMILES string of the molecule is CCCNCc1cc2c(cc1OCCOCC)OCO2. The smallest absolute Gasteiger partial charge is 0.231 e. The molecule has 0 atom stereocenters. The molecule has 0 unspecified atom stereocenters. The van der Waals surface area contributed by atoms with Gasteiger partial charge in [-0.2, -0.15) is 0 Å². The Morgan fingerprint density at radius 2 is 1.95 bits per heavy atom. The Morgan fingerprint density at radius 1 is 1.15 bits per heavy atom. The molecule has 0 aromatic heterocycles. The molecular formula is C15H23NO4. The van der Waals surface area contributed by atoms with Crippen molar-refractivity contribution < 1.29 is 18.9 Å². The van der Waals surface area contributed by atoms with E-state index in [1.165, 1.54) is 0 Å². The normalized spacial score (nSPS) is 12.7. The summed E-state index contributed by atoms with van der Waals surface area (Å²) in [5.41, 5.74) is 1.08. The first kappa shape index (κ1) is 14.9. The summed E-state index contributed by atoms with van der Waals surface area (Å²) in [5, 5.41) is 3.38. The van der Waals surface area contributed by atoms with Gasteiger partial charge in [-0.25, -0.2) is 0 Å². The maximum absolute atomic E-state index is 5.79. The van der Waals surface area contributed by atoms with Crippen molar-refractivity contribution in [3.63, 3.8) is 0 Å². The highest BCUT2D eigenvalue weighted by molar-refractivity contribution is 5.51. The molecule has 0 bridgehead atoms. The summed E-state index contributed by atoms with van der Waals surface area (Å²) < 4.78 is 21.9. The lowest BCUT2D eigenvalue weighted by Gasteiger charge is -2.13. The van der Waals surface area contributed by atoms with Gasteiger partial charge in [0.2, 0.25) is 6.79 Å². The van der Waals surface area contributed by atoms with Gasteiger partial charge in [-0.1, -0.05) is 6.92 Å². The topological polar surface area (TPSA) is 49.0 Å². The van der Waals surface area contributed by atoms with Crippen LogP contribution in [0.15, 0.2) is 12.1 Å². The Labute approximate surface area is 120 Å². The van der Waals surface area contributed by atoms with Gasteiger partial charge >= 0.3 is 0 Å². The third-order valence-electron chi connectivity index (χ3n) is 2.99. The largest absolute Gasteiger partial charge is 0.491 e. The van der Waals surface area contributed by atoms with Crippen LogP contribution in [0.1, 0.15) is 25.8 Å². The van der Waals surface area contributed by atoms with E-state index in [1.54, 1.807) is 0 Å². The Hall–Kier alpha value is -1.46. The molecule has 0 amide bonds. The Morgan fingerprint density at radius 3 is 2.70 bits per heavy atom. The average molecular weight is 281 g/mol. The molecule has 0 fully saturated rings. The van der Waals surface area contributed by atoms with E-state index in [0.29, 0.717) is 19.8 Å². The molecule has 1 aromatic carbocycles. The van der Waals surface area contributed by atoms with Crippen molar-refractivity contribution in [3.05, 3.63) is 17.7 Å². The zero-order valence-corrected chi connectivity index (χ0v) is 12.2. The zero-order valence-electron chi connectivity index (χ0n) is 12.2. The third-order valence-corrected chi connectivity index (χ3v) is 2.99. The number of rotatable bonds is 9. The number of benzene rings is 1. The van der Waals surface area contributed by atoms with E-state index in [0.717, 1.165) is 42.3 Å². The minimum atomic E-state index is 0.277. The monoisotopic (exact) mass is 281 g/mol. The number of nitrogens with one attached hydrogen (secondary N) is 1. The second-order valence-corrected chi connectivity index (χ2v) is 4.54. The highest BCUT2D eigenvalue weighted by atomic mass is 16.7. The van der Waals surface area contributed by atoms with Crippen molar-refractivity contribution >= 4 is 0 Å². The summed E-state index contributed by atoms with van der Waals surface area (Å²) in [4.78, 5) is 0. The van der Waals surface area contributed by atoms with Crippen molar-refractivity contribution in [1.29, 1.82) is 0 Å². The first-order chi connectivity index (χ1) is 9.85. The van der Waals surface area contributed by atoms with Crippen LogP contribution in [0.2, 0.25) is 0 Å². The molecular weight excluding hydrogens is 258 g/mol. The molecule has 0 aliphatic carbocycles. The fourth-order valence-electron chi connectivity index (χ4n) is 1.99. The van der Waals surface area contributed by atoms with Gasteiger partial charge in [-0.3, -0.25) is 0 Å². The molecule has 0 saturated heterocycles. The van der Waals surface area contributed by atoms with E-state index < -0.39 is 0 Å². The molecule has 0 saturated carbocycles. The van der Waals surface area contributed by atoms with E-state index in [-0.39, 0.29) is 6.79 Å². The van der Waals surface area contributed by atoms with Gasteiger partial charge in [-0.05, 0) is 26.0 Å². The van der Waals surface area contributed by atoms with Crippen LogP contribution in [0.4, 0.5) is 0 Å². The van der Waals surface area contributed by atoms with Gasteiger partial charge in [0.1, 0.15) is 12.4 Å². The Kier molecular flexibility index (Phi) is 5.95. The standard InChI is InChI=1S/C15H23NO4/c1-3-5-16-10-12-8-14-15(20-11-19-14)9-13(12)18-7-6-17-4-2/h8-9,16H,3-7,10-11H2,1-2H3. The van der Waals surface area contributed by atoms with Gasteiger partial charge in [0, 0.05) is 24.8 Å². The van der Waals surface area contributed by atoms with Crippen LogP contribution in [0, 0.1) is 0 Å². The van der Waals surface area contributed by atoms with E-state index in [9.17, 15) is 0 Å². The summed E-state index contributed by atoms with van der Waals surface area (Å²) >= 11 is 0. The summed E-state index contributed by atoms with van der Waals surface area (Å²) in [6.07, 6.45) is 1.10. The van der Waals surface area contributed by atoms with Crippen molar-refractivity contribution in [2.75, 3.05) is 33.2 Å². The minimum Gasteiger partial charge on any atom is -0.491 e. The molecule has 5 nitrogen and oxygen atoms in total. The van der Waals surface area contributed by atoms with E-state index >= 15 is 0 Å². The summed E-state index contributed by atoms with van der Waals surface area (Å²) in [6, 6.07) is 3.89. The lowest BCUT2D eigenvalue weighted by atomic mass is 10.1. The molecule has 1 aliphatic rings. The third kappa shape index (κ3) is 4.02. The van der Waals surface area contributed by atoms with E-state index in [1.807, 2.05) is 19.1 Å². The Balaban J connectivity index is 2.01. The van der Waals surface area contributed by atoms with Crippen LogP contribution in [0.25, 0.3) is 0 Å². The van der Waals surface area contributed by atoms with Gasteiger partial charge in [-0.15, -0.1) is 0 Å². The summed E-state index contributed by atoms with van der Waals surface area (Å²) in [7, 11) is 0. The molecule has 2 rings (SSSR count). The quantitative estimate of drug-likeness (QED) is 0.704. The molecule has 0 spiro atoms.